The molecule has 0 aromatic carbocycles. The molecular formula is C12H20N2S. The zero-order chi connectivity index (χ0) is 11.0. The summed E-state index contributed by atoms with van der Waals surface area (Å²) in [6, 6.07) is 1.11. The van der Waals surface area contributed by atoms with Crippen LogP contribution in [0.15, 0.2) is 0 Å². The van der Waals surface area contributed by atoms with Crippen molar-refractivity contribution in [3.05, 3.63) is 15.6 Å². The van der Waals surface area contributed by atoms with Crippen molar-refractivity contribution in [2.75, 3.05) is 0 Å². The van der Waals surface area contributed by atoms with Gasteiger partial charge >= 0.3 is 0 Å². The molecule has 0 aliphatic heterocycles. The maximum atomic E-state index is 4.48. The summed E-state index contributed by atoms with van der Waals surface area (Å²) in [5.74, 6) is 0.918. The van der Waals surface area contributed by atoms with Crippen molar-refractivity contribution in [1.82, 2.24) is 10.3 Å². The topological polar surface area (TPSA) is 24.9 Å². The summed E-state index contributed by atoms with van der Waals surface area (Å²) in [5.41, 5.74) is 1.19. The first-order valence-electron chi connectivity index (χ1n) is 5.78. The van der Waals surface area contributed by atoms with Crippen LogP contribution < -0.4 is 5.32 Å². The molecule has 1 N–H and O–H groups in total. The van der Waals surface area contributed by atoms with E-state index in [2.05, 4.69) is 38.0 Å². The van der Waals surface area contributed by atoms with Gasteiger partial charge < -0.3 is 5.32 Å². The first kappa shape index (κ1) is 11.1. The zero-order valence-corrected chi connectivity index (χ0v) is 10.8. The minimum Gasteiger partial charge on any atom is -0.307 e. The minimum absolute atomic E-state index is 0.451. The monoisotopic (exact) mass is 224 g/mol. The standard InChI is InChI=1S/C12H20N2S/c1-7(11-5-6-11)13-8(2)12-9(3)14-10(4)15-12/h7-8,11,13H,5-6H2,1-4H3. The lowest BCUT2D eigenvalue weighted by Crippen LogP contribution is -2.30. The van der Waals surface area contributed by atoms with Gasteiger partial charge in [-0.05, 0) is 46.5 Å². The summed E-state index contributed by atoms with van der Waals surface area (Å²) < 4.78 is 0. The maximum Gasteiger partial charge on any atom is 0.0900 e. The van der Waals surface area contributed by atoms with Crippen LogP contribution >= 0.6 is 11.3 Å². The average molecular weight is 224 g/mol. The van der Waals surface area contributed by atoms with Crippen LogP contribution in [0.25, 0.3) is 0 Å². The van der Waals surface area contributed by atoms with Gasteiger partial charge in [0.15, 0.2) is 0 Å². The van der Waals surface area contributed by atoms with E-state index in [0.29, 0.717) is 12.1 Å². The Labute approximate surface area is 96.1 Å². The molecule has 1 aromatic rings. The largest absolute Gasteiger partial charge is 0.307 e. The summed E-state index contributed by atoms with van der Waals surface area (Å²) in [6.07, 6.45) is 2.81. The molecule has 15 heavy (non-hydrogen) atoms. The fraction of sp³-hybridized carbons (Fsp3) is 0.750. The third-order valence-corrected chi connectivity index (χ3v) is 4.43. The number of nitrogens with zero attached hydrogens (tertiary/aromatic N) is 1. The number of aromatic nitrogens is 1. The number of rotatable bonds is 4. The molecule has 84 valence electrons. The number of nitrogens with one attached hydrogen (secondary N) is 1. The smallest absolute Gasteiger partial charge is 0.0900 e. The molecule has 0 spiro atoms. The number of hydrogen-bond acceptors (Lipinski definition) is 3. The highest BCUT2D eigenvalue weighted by Gasteiger charge is 2.29. The van der Waals surface area contributed by atoms with Gasteiger partial charge in [0.05, 0.1) is 10.7 Å². The Balaban J connectivity index is 2.00. The van der Waals surface area contributed by atoms with Crippen molar-refractivity contribution in [2.24, 2.45) is 5.92 Å². The molecular weight excluding hydrogens is 204 g/mol. The predicted octanol–water partition coefficient (Wildman–Crippen LogP) is 3.21. The molecule has 0 saturated heterocycles. The lowest BCUT2D eigenvalue weighted by Gasteiger charge is -2.18. The van der Waals surface area contributed by atoms with Crippen molar-refractivity contribution in [3.63, 3.8) is 0 Å². The van der Waals surface area contributed by atoms with E-state index in [4.69, 9.17) is 0 Å². The van der Waals surface area contributed by atoms with Gasteiger partial charge in [0.25, 0.3) is 0 Å². The maximum absolute atomic E-state index is 4.48. The Morgan fingerprint density at radius 1 is 1.33 bits per heavy atom. The Hall–Kier alpha value is -0.410. The van der Waals surface area contributed by atoms with E-state index in [1.54, 1.807) is 0 Å². The van der Waals surface area contributed by atoms with E-state index < -0.39 is 0 Å². The molecule has 2 nitrogen and oxygen atoms in total. The summed E-state index contributed by atoms with van der Waals surface area (Å²) in [4.78, 5) is 5.88. The first-order valence-corrected chi connectivity index (χ1v) is 6.59. The number of aryl methyl sites for hydroxylation is 2. The predicted molar refractivity (Wildman–Crippen MR) is 65.3 cm³/mol. The molecule has 2 unspecified atom stereocenters. The fourth-order valence-corrected chi connectivity index (χ4v) is 3.09. The van der Waals surface area contributed by atoms with E-state index in [9.17, 15) is 0 Å². The van der Waals surface area contributed by atoms with Crippen LogP contribution in [0.5, 0.6) is 0 Å². The third kappa shape index (κ3) is 2.58. The summed E-state index contributed by atoms with van der Waals surface area (Å²) >= 11 is 1.82. The number of thiazole rings is 1. The van der Waals surface area contributed by atoms with Crippen LogP contribution in [0.1, 0.15) is 48.3 Å². The molecule has 0 bridgehead atoms. The van der Waals surface area contributed by atoms with E-state index in [1.165, 1.54) is 28.4 Å². The highest BCUT2D eigenvalue weighted by Crippen LogP contribution is 2.34. The normalized spacial score (nSPS) is 20.3. The summed E-state index contributed by atoms with van der Waals surface area (Å²) in [7, 11) is 0. The molecule has 1 fully saturated rings. The van der Waals surface area contributed by atoms with Gasteiger partial charge in [-0.15, -0.1) is 11.3 Å². The second kappa shape index (κ2) is 4.22. The first-order chi connectivity index (χ1) is 7.08. The Bertz CT molecular complexity index is 341. The van der Waals surface area contributed by atoms with Gasteiger partial charge in [-0.1, -0.05) is 0 Å². The van der Waals surface area contributed by atoms with Gasteiger partial charge in [0, 0.05) is 17.0 Å². The van der Waals surface area contributed by atoms with Crippen LogP contribution in [0.4, 0.5) is 0 Å². The minimum atomic E-state index is 0.451. The Kier molecular flexibility index (Phi) is 3.12. The molecule has 3 heteroatoms. The van der Waals surface area contributed by atoms with E-state index >= 15 is 0 Å². The highest BCUT2D eigenvalue weighted by atomic mass is 32.1. The van der Waals surface area contributed by atoms with Gasteiger partial charge in [0.1, 0.15) is 0 Å². The van der Waals surface area contributed by atoms with Gasteiger partial charge in [-0.3, -0.25) is 0 Å². The highest BCUT2D eigenvalue weighted by molar-refractivity contribution is 7.11. The van der Waals surface area contributed by atoms with Crippen LogP contribution in [0, 0.1) is 19.8 Å². The van der Waals surface area contributed by atoms with E-state index in [0.717, 1.165) is 5.92 Å². The Morgan fingerprint density at radius 2 is 2.00 bits per heavy atom. The molecule has 1 aromatic heterocycles. The molecule has 2 atom stereocenters. The van der Waals surface area contributed by atoms with Crippen LogP contribution in [0.2, 0.25) is 0 Å². The zero-order valence-electron chi connectivity index (χ0n) is 10.0. The lowest BCUT2D eigenvalue weighted by atomic mass is 10.1. The lowest BCUT2D eigenvalue weighted by molar-refractivity contribution is 0.444. The molecule has 1 aliphatic carbocycles. The van der Waals surface area contributed by atoms with Gasteiger partial charge in [-0.2, -0.15) is 0 Å². The molecule has 0 radical (unpaired) electrons. The van der Waals surface area contributed by atoms with Crippen molar-refractivity contribution in [2.45, 2.75) is 52.6 Å². The second-order valence-corrected chi connectivity index (χ2v) is 5.93. The van der Waals surface area contributed by atoms with Gasteiger partial charge in [0.2, 0.25) is 0 Å². The van der Waals surface area contributed by atoms with Crippen molar-refractivity contribution in [1.29, 1.82) is 0 Å². The summed E-state index contributed by atoms with van der Waals surface area (Å²) in [6.45, 7) is 8.74. The van der Waals surface area contributed by atoms with Crippen molar-refractivity contribution >= 4 is 11.3 Å². The average Bonchev–Trinajstić information content (AvgIpc) is 2.92. The van der Waals surface area contributed by atoms with Crippen LogP contribution in [0.3, 0.4) is 0 Å². The van der Waals surface area contributed by atoms with E-state index in [1.807, 2.05) is 11.3 Å². The molecule has 0 amide bonds. The second-order valence-electron chi connectivity index (χ2n) is 4.70. The molecule has 1 aliphatic rings. The van der Waals surface area contributed by atoms with E-state index in [-0.39, 0.29) is 0 Å². The quantitative estimate of drug-likeness (QED) is 0.849. The molecule has 1 heterocycles. The SMILES string of the molecule is Cc1nc(C)c(C(C)NC(C)C2CC2)s1. The Morgan fingerprint density at radius 3 is 2.47 bits per heavy atom. The fourth-order valence-electron chi connectivity index (χ4n) is 2.15. The van der Waals surface area contributed by atoms with Gasteiger partial charge in [-0.25, -0.2) is 4.98 Å². The van der Waals surface area contributed by atoms with Crippen molar-refractivity contribution < 1.29 is 0 Å². The summed E-state index contributed by atoms with van der Waals surface area (Å²) in [5, 5.41) is 4.86. The number of hydrogen-bond donors (Lipinski definition) is 1. The van der Waals surface area contributed by atoms with Crippen LogP contribution in [-0.4, -0.2) is 11.0 Å². The molecule has 2 rings (SSSR count). The van der Waals surface area contributed by atoms with Crippen LogP contribution in [-0.2, 0) is 0 Å². The third-order valence-electron chi connectivity index (χ3n) is 3.17. The van der Waals surface area contributed by atoms with Crippen molar-refractivity contribution in [3.8, 4) is 0 Å². The molecule has 1 saturated carbocycles.